The fourth-order valence-corrected chi connectivity index (χ4v) is 5.58. The number of carbonyl (C=O) groups excluding carboxylic acids is 1. The average Bonchev–Trinajstić information content (AvgIpc) is 3.27. The number of ether oxygens (including phenoxy) is 5. The lowest BCUT2D eigenvalue weighted by atomic mass is 9.83. The molecule has 1 unspecified atom stereocenters. The Labute approximate surface area is 228 Å². The summed E-state index contributed by atoms with van der Waals surface area (Å²) in [5, 5.41) is 10.2. The molecule has 0 saturated heterocycles. The third-order valence-electron chi connectivity index (χ3n) is 6.21. The summed E-state index contributed by atoms with van der Waals surface area (Å²) < 4.78 is 28.6. The molecule has 4 rings (SSSR count). The largest absolute Gasteiger partial charge is 0.493 e. The molecule has 0 bridgehead atoms. The van der Waals surface area contributed by atoms with Crippen LogP contribution in [0, 0.1) is 11.3 Å². The zero-order valence-electron chi connectivity index (χ0n) is 22.1. The fraction of sp³-hybridized carbons (Fsp3) is 0.250. The first-order valence-corrected chi connectivity index (χ1v) is 12.6. The second-order valence-corrected chi connectivity index (χ2v) is 9.29. The van der Waals surface area contributed by atoms with Crippen LogP contribution in [0.5, 0.6) is 23.0 Å². The first kappa shape index (κ1) is 27.3. The van der Waals surface area contributed by atoms with Gasteiger partial charge in [-0.15, -0.1) is 11.3 Å². The van der Waals surface area contributed by atoms with Crippen LogP contribution in [-0.2, 0) is 9.53 Å². The molecular weight excluding hydrogens is 522 g/mol. The van der Waals surface area contributed by atoms with Gasteiger partial charge in [-0.1, -0.05) is 12.1 Å². The Kier molecular flexibility index (Phi) is 7.97. The third-order valence-corrected chi connectivity index (χ3v) is 7.32. The lowest BCUT2D eigenvalue weighted by Gasteiger charge is -2.25. The van der Waals surface area contributed by atoms with Crippen LogP contribution in [0.3, 0.4) is 0 Å². The highest BCUT2D eigenvalue weighted by Crippen LogP contribution is 2.40. The smallest absolute Gasteiger partial charge is 0.338 e. The van der Waals surface area contributed by atoms with Gasteiger partial charge in [-0.2, -0.15) is 5.26 Å². The summed E-state index contributed by atoms with van der Waals surface area (Å²) in [6.07, 6.45) is 1.66. The van der Waals surface area contributed by atoms with E-state index in [9.17, 15) is 14.9 Å². The molecule has 1 aromatic heterocycles. The molecule has 2 N–H and O–H groups in total. The van der Waals surface area contributed by atoms with Gasteiger partial charge in [-0.05, 0) is 48.4 Å². The number of benzene rings is 2. The van der Waals surface area contributed by atoms with E-state index in [-0.39, 0.29) is 28.2 Å². The number of nitrogens with zero attached hydrogens (tertiary/aromatic N) is 2. The van der Waals surface area contributed by atoms with E-state index in [1.165, 1.54) is 33.0 Å². The molecule has 10 nitrogen and oxygen atoms in total. The van der Waals surface area contributed by atoms with Gasteiger partial charge in [0.05, 0.1) is 62.7 Å². The summed E-state index contributed by atoms with van der Waals surface area (Å²) in [6.45, 7) is 1.78. The lowest BCUT2D eigenvalue weighted by Crippen LogP contribution is -2.40. The zero-order valence-corrected chi connectivity index (χ0v) is 22.9. The number of hydrogen-bond acceptors (Lipinski definition) is 10. The molecule has 0 radical (unpaired) electrons. The van der Waals surface area contributed by atoms with Crippen molar-refractivity contribution in [1.82, 2.24) is 4.57 Å². The molecule has 0 saturated carbocycles. The number of hydrogen-bond donors (Lipinski definition) is 1. The van der Waals surface area contributed by atoms with E-state index in [1.54, 1.807) is 49.4 Å². The maximum Gasteiger partial charge on any atom is 0.338 e. The summed E-state index contributed by atoms with van der Waals surface area (Å²) in [7, 11) is 6.04. The van der Waals surface area contributed by atoms with Gasteiger partial charge < -0.3 is 29.4 Å². The minimum absolute atomic E-state index is 0.0374. The van der Waals surface area contributed by atoms with Crippen LogP contribution >= 0.6 is 11.3 Å². The number of aromatic nitrogens is 1. The van der Waals surface area contributed by atoms with Gasteiger partial charge in [0, 0.05) is 0 Å². The molecule has 1 aliphatic rings. The molecular formula is C28H27N3O7S. The number of nitrogens with two attached hydrogens (primary N) is 1. The number of methoxy groups -OCH3 is 4. The van der Waals surface area contributed by atoms with E-state index in [0.29, 0.717) is 38.7 Å². The summed E-state index contributed by atoms with van der Waals surface area (Å²) in [6, 6.07) is 12.4. The van der Waals surface area contributed by atoms with Crippen LogP contribution in [0.4, 0.5) is 0 Å². The van der Waals surface area contributed by atoms with Gasteiger partial charge in [-0.3, -0.25) is 9.36 Å². The Balaban J connectivity index is 2.05. The van der Waals surface area contributed by atoms with Crippen molar-refractivity contribution in [3.63, 3.8) is 0 Å². The highest BCUT2D eigenvalue weighted by atomic mass is 32.1. The van der Waals surface area contributed by atoms with Crippen molar-refractivity contribution in [1.29, 1.82) is 5.26 Å². The summed E-state index contributed by atoms with van der Waals surface area (Å²) >= 11 is 1.08. The average molecular weight is 550 g/mol. The minimum atomic E-state index is -0.902. The van der Waals surface area contributed by atoms with Gasteiger partial charge >= 0.3 is 5.97 Å². The number of fused-ring (bicyclic) bond motifs is 1. The Morgan fingerprint density at radius 2 is 1.64 bits per heavy atom. The van der Waals surface area contributed by atoms with Crippen LogP contribution in [0.15, 0.2) is 46.8 Å². The molecule has 202 valence electrons. The predicted molar refractivity (Wildman–Crippen MR) is 146 cm³/mol. The molecule has 0 amide bonds. The molecule has 0 spiro atoms. The first-order valence-electron chi connectivity index (χ1n) is 11.8. The molecule has 3 aromatic rings. The zero-order chi connectivity index (χ0) is 28.3. The van der Waals surface area contributed by atoms with Crippen molar-refractivity contribution in [3.8, 4) is 29.1 Å². The second-order valence-electron chi connectivity index (χ2n) is 8.26. The van der Waals surface area contributed by atoms with E-state index < -0.39 is 17.4 Å². The molecule has 2 heterocycles. The Hall–Kier alpha value is -4.69. The molecule has 0 fully saturated rings. The van der Waals surface area contributed by atoms with Gasteiger partial charge in [0.1, 0.15) is 10.5 Å². The number of thiazole rings is 1. The molecule has 0 aliphatic carbocycles. The van der Waals surface area contributed by atoms with Gasteiger partial charge in [-0.25, -0.2) is 4.79 Å². The standard InChI is InChI=1S/C28H27N3O7S/c1-6-38-28(33)24-23(16-8-10-19(35-3)21(13-16)37-5)17(14-29)25(30)31-26(32)22(39-27(24)31)12-15-7-9-18(34-2)20(11-15)36-4/h7-13,23H,6,30H2,1-5H3. The van der Waals surface area contributed by atoms with Gasteiger partial charge in [0.15, 0.2) is 23.0 Å². The van der Waals surface area contributed by atoms with E-state index >= 15 is 0 Å². The van der Waals surface area contributed by atoms with Crippen LogP contribution in [0.2, 0.25) is 0 Å². The third kappa shape index (κ3) is 4.82. The van der Waals surface area contributed by atoms with Crippen LogP contribution < -0.4 is 39.4 Å². The van der Waals surface area contributed by atoms with E-state index in [4.69, 9.17) is 29.4 Å². The molecule has 1 atom stereocenters. The van der Waals surface area contributed by atoms with Crippen LogP contribution in [0.1, 0.15) is 24.0 Å². The van der Waals surface area contributed by atoms with Crippen molar-refractivity contribution in [2.24, 2.45) is 5.73 Å². The Morgan fingerprint density at radius 1 is 1.03 bits per heavy atom. The summed E-state index contributed by atoms with van der Waals surface area (Å²) in [5.41, 5.74) is 7.35. The molecule has 2 aromatic carbocycles. The SMILES string of the molecule is CCOC(=O)C1=c2sc(=Cc3ccc(OC)c(OC)c3)c(=O)n2C(N)=C(C#N)C1c1ccc(OC)c(OC)c1. The number of esters is 1. The van der Waals surface area contributed by atoms with Gasteiger partial charge in [0.2, 0.25) is 0 Å². The number of allylic oxidation sites excluding steroid dienone is 1. The van der Waals surface area contributed by atoms with Crippen molar-refractivity contribution >= 4 is 34.8 Å². The van der Waals surface area contributed by atoms with E-state index in [1.807, 2.05) is 0 Å². The van der Waals surface area contributed by atoms with E-state index in [0.717, 1.165) is 11.3 Å². The fourth-order valence-electron chi connectivity index (χ4n) is 4.41. The quantitative estimate of drug-likeness (QED) is 0.418. The lowest BCUT2D eigenvalue weighted by molar-refractivity contribution is -0.136. The van der Waals surface area contributed by atoms with E-state index in [2.05, 4.69) is 6.07 Å². The van der Waals surface area contributed by atoms with Gasteiger partial charge in [0.25, 0.3) is 5.56 Å². The maximum absolute atomic E-state index is 13.6. The Morgan fingerprint density at radius 3 is 2.23 bits per heavy atom. The van der Waals surface area contributed by atoms with Crippen LogP contribution in [-0.4, -0.2) is 45.6 Å². The predicted octanol–water partition coefficient (Wildman–Crippen LogP) is 1.94. The van der Waals surface area contributed by atoms with Crippen molar-refractivity contribution in [3.05, 3.63) is 72.6 Å². The molecule has 39 heavy (non-hydrogen) atoms. The van der Waals surface area contributed by atoms with Crippen molar-refractivity contribution in [2.75, 3.05) is 35.0 Å². The highest BCUT2D eigenvalue weighted by Gasteiger charge is 2.36. The molecule has 11 heteroatoms. The summed E-state index contributed by atoms with van der Waals surface area (Å²) in [4.78, 5) is 27.0. The summed E-state index contributed by atoms with van der Waals surface area (Å²) in [5.74, 6) is 0.292. The maximum atomic E-state index is 13.6. The number of carbonyl (C=O) groups is 1. The number of rotatable bonds is 8. The topological polar surface area (TPSA) is 135 Å². The number of nitriles is 1. The van der Waals surface area contributed by atoms with Crippen molar-refractivity contribution < 1.29 is 28.5 Å². The highest BCUT2D eigenvalue weighted by molar-refractivity contribution is 7.07. The molecule has 1 aliphatic heterocycles. The second kappa shape index (κ2) is 11.4. The normalized spacial score (nSPS) is 14.9. The van der Waals surface area contributed by atoms with Crippen LogP contribution in [0.25, 0.3) is 17.5 Å². The first-order chi connectivity index (χ1) is 18.8. The van der Waals surface area contributed by atoms with Crippen molar-refractivity contribution in [2.45, 2.75) is 12.8 Å². The minimum Gasteiger partial charge on any atom is -0.493 e. The Bertz CT molecular complexity index is 1700. The monoisotopic (exact) mass is 549 g/mol.